The van der Waals surface area contributed by atoms with Gasteiger partial charge >= 0.3 is 5.97 Å². The van der Waals surface area contributed by atoms with Gasteiger partial charge in [-0.05, 0) is 61.6 Å². The molecule has 0 unspecified atom stereocenters. The summed E-state index contributed by atoms with van der Waals surface area (Å²) in [5.41, 5.74) is 1.70. The van der Waals surface area contributed by atoms with Gasteiger partial charge in [-0.25, -0.2) is 9.07 Å². The Hall–Kier alpha value is -2.52. The fourth-order valence-electron chi connectivity index (χ4n) is 4.16. The second kappa shape index (κ2) is 6.52. The van der Waals surface area contributed by atoms with Gasteiger partial charge in [0.1, 0.15) is 5.82 Å². The second-order valence-corrected chi connectivity index (χ2v) is 8.94. The number of aromatic nitrogens is 2. The first kappa shape index (κ1) is 18.8. The van der Waals surface area contributed by atoms with Crippen LogP contribution in [0.4, 0.5) is 4.39 Å². The Balaban J connectivity index is 1.73. The van der Waals surface area contributed by atoms with Crippen LogP contribution in [-0.4, -0.2) is 41.6 Å². The van der Waals surface area contributed by atoms with Crippen molar-refractivity contribution >= 4 is 22.2 Å². The molecular formula is C19H19FN2O5S. The molecule has 1 saturated carbocycles. The van der Waals surface area contributed by atoms with Crippen molar-refractivity contribution in [1.82, 2.24) is 9.78 Å². The lowest BCUT2D eigenvalue weighted by Crippen LogP contribution is -2.44. The molecule has 0 bridgehead atoms. The van der Waals surface area contributed by atoms with E-state index >= 15 is 0 Å². The monoisotopic (exact) mass is 406 g/mol. The standard InChI is InChI=1S/C19H19FN2O5S/c1-28(25,26)27-16-7-2-13-8-17-12(9-19(13,10-16)18(23)24)11-21-22(17)15-5-3-14(20)4-6-15/h3-6,8,11,16H,2,7,9-10H2,1H3,(H,23,24)/t16-,19+/m1/s1. The second-order valence-electron chi connectivity index (χ2n) is 7.34. The number of benzene rings is 1. The van der Waals surface area contributed by atoms with Crippen LogP contribution in [0.25, 0.3) is 11.8 Å². The molecule has 28 heavy (non-hydrogen) atoms. The van der Waals surface area contributed by atoms with E-state index in [1.54, 1.807) is 23.0 Å². The molecule has 4 rings (SSSR count). The minimum atomic E-state index is -3.67. The normalized spacial score (nSPS) is 24.2. The van der Waals surface area contributed by atoms with Gasteiger partial charge in [0.25, 0.3) is 10.1 Å². The van der Waals surface area contributed by atoms with Crippen LogP contribution in [0.1, 0.15) is 30.5 Å². The van der Waals surface area contributed by atoms with Gasteiger partial charge in [-0.3, -0.25) is 8.98 Å². The highest BCUT2D eigenvalue weighted by atomic mass is 32.2. The Morgan fingerprint density at radius 3 is 2.71 bits per heavy atom. The molecule has 2 aliphatic carbocycles. The van der Waals surface area contributed by atoms with Crippen molar-refractivity contribution in [3.8, 4) is 5.69 Å². The van der Waals surface area contributed by atoms with Gasteiger partial charge in [-0.15, -0.1) is 0 Å². The molecule has 0 saturated heterocycles. The van der Waals surface area contributed by atoms with E-state index in [0.717, 1.165) is 23.1 Å². The molecule has 0 radical (unpaired) electrons. The fraction of sp³-hybridized carbons (Fsp3) is 0.368. The van der Waals surface area contributed by atoms with Crippen LogP contribution in [0.2, 0.25) is 0 Å². The molecule has 1 aromatic carbocycles. The zero-order valence-corrected chi connectivity index (χ0v) is 15.9. The van der Waals surface area contributed by atoms with Gasteiger partial charge in [0.05, 0.1) is 35.4 Å². The van der Waals surface area contributed by atoms with Gasteiger partial charge < -0.3 is 5.11 Å². The number of carboxylic acid groups (broad SMARTS) is 1. The lowest BCUT2D eigenvalue weighted by molar-refractivity contribution is -0.149. The quantitative estimate of drug-likeness (QED) is 0.784. The van der Waals surface area contributed by atoms with Gasteiger partial charge in [0.2, 0.25) is 0 Å². The van der Waals surface area contributed by atoms with Crippen LogP contribution >= 0.6 is 0 Å². The third-order valence-electron chi connectivity index (χ3n) is 5.41. The maximum absolute atomic E-state index is 13.2. The number of halogens is 1. The SMILES string of the molecule is CS(=O)(=O)O[C@@H]1CCC2=Cc3c(cnn3-c3ccc(F)cc3)C[C@]2(C(=O)O)C1. The Kier molecular flexibility index (Phi) is 4.39. The van der Waals surface area contributed by atoms with Crippen molar-refractivity contribution < 1.29 is 26.9 Å². The summed E-state index contributed by atoms with van der Waals surface area (Å²) >= 11 is 0. The predicted molar refractivity (Wildman–Crippen MR) is 98.8 cm³/mol. The lowest BCUT2D eigenvalue weighted by atomic mass is 9.63. The Labute approximate surface area is 161 Å². The molecule has 0 aliphatic heterocycles. The van der Waals surface area contributed by atoms with Gasteiger partial charge in [0.15, 0.2) is 0 Å². The number of fused-ring (bicyclic) bond motifs is 2. The average molecular weight is 406 g/mol. The zero-order chi connectivity index (χ0) is 20.1. The summed E-state index contributed by atoms with van der Waals surface area (Å²) in [5.74, 6) is -1.35. The minimum absolute atomic E-state index is 0.0857. The number of carbonyl (C=O) groups is 1. The summed E-state index contributed by atoms with van der Waals surface area (Å²) in [6.45, 7) is 0. The number of hydrogen-bond donors (Lipinski definition) is 1. The van der Waals surface area contributed by atoms with Crippen molar-refractivity contribution in [1.29, 1.82) is 0 Å². The van der Waals surface area contributed by atoms with Crippen molar-refractivity contribution in [3.05, 3.63) is 53.1 Å². The van der Waals surface area contributed by atoms with E-state index in [0.29, 0.717) is 18.5 Å². The summed E-state index contributed by atoms with van der Waals surface area (Å²) in [7, 11) is -3.67. The van der Waals surface area contributed by atoms with Crippen LogP contribution in [-0.2, 0) is 25.5 Å². The van der Waals surface area contributed by atoms with Crippen LogP contribution in [0.5, 0.6) is 0 Å². The number of aliphatic carboxylic acids is 1. The third kappa shape index (κ3) is 3.24. The number of nitrogens with zero attached hydrogens (tertiary/aromatic N) is 2. The minimum Gasteiger partial charge on any atom is -0.481 e. The van der Waals surface area contributed by atoms with Crippen LogP contribution < -0.4 is 0 Å². The third-order valence-corrected chi connectivity index (χ3v) is 6.03. The number of carboxylic acids is 1. The molecular weight excluding hydrogens is 387 g/mol. The van der Waals surface area contributed by atoms with Crippen LogP contribution in [0, 0.1) is 11.2 Å². The zero-order valence-electron chi connectivity index (χ0n) is 15.1. The molecule has 1 fully saturated rings. The highest BCUT2D eigenvalue weighted by molar-refractivity contribution is 7.86. The topological polar surface area (TPSA) is 98.5 Å². The highest BCUT2D eigenvalue weighted by Gasteiger charge is 2.50. The molecule has 2 aromatic rings. The summed E-state index contributed by atoms with van der Waals surface area (Å²) in [4.78, 5) is 12.2. The molecule has 2 atom stereocenters. The number of hydrogen-bond acceptors (Lipinski definition) is 5. The smallest absolute Gasteiger partial charge is 0.314 e. The molecule has 9 heteroatoms. The molecule has 0 spiro atoms. The first-order valence-electron chi connectivity index (χ1n) is 8.83. The Morgan fingerprint density at radius 1 is 1.36 bits per heavy atom. The summed E-state index contributed by atoms with van der Waals surface area (Å²) < 4.78 is 43.0. The summed E-state index contributed by atoms with van der Waals surface area (Å²) in [5, 5.41) is 14.4. The predicted octanol–water partition coefficient (Wildman–Crippen LogP) is 2.55. The summed E-state index contributed by atoms with van der Waals surface area (Å²) in [6, 6.07) is 5.90. The molecule has 1 heterocycles. The maximum atomic E-state index is 13.2. The van der Waals surface area contributed by atoms with Crippen molar-refractivity contribution in [2.24, 2.45) is 5.41 Å². The van der Waals surface area contributed by atoms with E-state index in [1.165, 1.54) is 12.1 Å². The van der Waals surface area contributed by atoms with Gasteiger partial charge in [0, 0.05) is 0 Å². The van der Waals surface area contributed by atoms with Gasteiger partial charge in [-0.1, -0.05) is 5.57 Å². The van der Waals surface area contributed by atoms with E-state index in [4.69, 9.17) is 4.18 Å². The molecule has 1 N–H and O–H groups in total. The first-order valence-corrected chi connectivity index (χ1v) is 10.7. The molecule has 148 valence electrons. The van der Waals surface area contributed by atoms with E-state index in [2.05, 4.69) is 5.10 Å². The van der Waals surface area contributed by atoms with Crippen molar-refractivity contribution in [3.63, 3.8) is 0 Å². The first-order chi connectivity index (χ1) is 13.2. The van der Waals surface area contributed by atoms with Gasteiger partial charge in [-0.2, -0.15) is 13.5 Å². The van der Waals surface area contributed by atoms with Crippen LogP contribution in [0.15, 0.2) is 36.0 Å². The molecule has 7 nitrogen and oxygen atoms in total. The number of rotatable bonds is 4. The van der Waals surface area contributed by atoms with E-state index in [-0.39, 0.29) is 18.7 Å². The highest BCUT2D eigenvalue weighted by Crippen LogP contribution is 2.49. The largest absolute Gasteiger partial charge is 0.481 e. The molecule has 1 aromatic heterocycles. The maximum Gasteiger partial charge on any atom is 0.314 e. The lowest BCUT2D eigenvalue weighted by Gasteiger charge is -2.41. The van der Waals surface area contributed by atoms with E-state index < -0.39 is 27.6 Å². The van der Waals surface area contributed by atoms with Crippen molar-refractivity contribution in [2.45, 2.75) is 31.8 Å². The Bertz CT molecular complexity index is 1070. The van der Waals surface area contributed by atoms with E-state index in [9.17, 15) is 22.7 Å². The fourth-order valence-corrected chi connectivity index (χ4v) is 4.82. The average Bonchev–Trinajstić information content (AvgIpc) is 3.01. The Morgan fingerprint density at radius 2 is 2.07 bits per heavy atom. The summed E-state index contributed by atoms with van der Waals surface area (Å²) in [6.07, 6.45) is 4.86. The van der Waals surface area contributed by atoms with Crippen LogP contribution in [0.3, 0.4) is 0 Å². The molecule has 2 aliphatic rings. The molecule has 0 amide bonds. The van der Waals surface area contributed by atoms with E-state index in [1.807, 2.05) is 6.08 Å². The van der Waals surface area contributed by atoms with Crippen molar-refractivity contribution in [2.75, 3.05) is 6.26 Å².